The molecule has 27 heavy (non-hydrogen) atoms. The van der Waals surface area contributed by atoms with Gasteiger partial charge in [-0.3, -0.25) is 9.59 Å². The first kappa shape index (κ1) is 17.9. The molecule has 1 saturated heterocycles. The van der Waals surface area contributed by atoms with Crippen molar-refractivity contribution in [2.75, 3.05) is 11.5 Å². The van der Waals surface area contributed by atoms with E-state index in [9.17, 15) is 9.59 Å². The summed E-state index contributed by atoms with van der Waals surface area (Å²) in [5.41, 5.74) is 2.61. The highest BCUT2D eigenvalue weighted by Gasteiger charge is 2.18. The molecule has 0 saturated carbocycles. The van der Waals surface area contributed by atoms with Crippen LogP contribution in [0.3, 0.4) is 0 Å². The van der Waals surface area contributed by atoms with Crippen molar-refractivity contribution < 1.29 is 9.59 Å². The molecule has 0 unspecified atom stereocenters. The highest BCUT2D eigenvalue weighted by molar-refractivity contribution is 8.15. The molecule has 0 bridgehead atoms. The van der Waals surface area contributed by atoms with Crippen LogP contribution in [0.25, 0.3) is 22.1 Å². The van der Waals surface area contributed by atoms with Gasteiger partial charge in [-0.25, -0.2) is 4.98 Å². The summed E-state index contributed by atoms with van der Waals surface area (Å²) >= 11 is 2.41. The van der Waals surface area contributed by atoms with Gasteiger partial charge in [0.05, 0.1) is 17.0 Å². The van der Waals surface area contributed by atoms with Crippen molar-refractivity contribution in [3.63, 3.8) is 0 Å². The number of aromatic nitrogens is 4. The molecule has 0 atom stereocenters. The van der Waals surface area contributed by atoms with Gasteiger partial charge in [0.2, 0.25) is 11.1 Å². The summed E-state index contributed by atoms with van der Waals surface area (Å²) < 4.78 is 2.14. The van der Waals surface area contributed by atoms with Crippen LogP contribution in [0.15, 0.2) is 34.4 Å². The van der Waals surface area contributed by atoms with Gasteiger partial charge in [-0.2, -0.15) is 4.99 Å². The Labute approximate surface area is 163 Å². The third kappa shape index (κ3) is 3.67. The molecular formula is C17H16N6O2S2. The molecule has 1 aliphatic rings. The predicted octanol–water partition coefficient (Wildman–Crippen LogP) is 2.23. The zero-order chi connectivity index (χ0) is 18.8. The van der Waals surface area contributed by atoms with Crippen LogP contribution >= 0.6 is 23.5 Å². The lowest BCUT2D eigenvalue weighted by atomic mass is 10.2. The molecule has 138 valence electrons. The number of amides is 2. The summed E-state index contributed by atoms with van der Waals surface area (Å²) in [5.74, 6) is -0.102. The summed E-state index contributed by atoms with van der Waals surface area (Å²) in [5, 5.41) is 12.8. The van der Waals surface area contributed by atoms with Crippen LogP contribution in [0, 0.1) is 0 Å². The highest BCUT2D eigenvalue weighted by atomic mass is 32.2. The predicted molar refractivity (Wildman–Crippen MR) is 107 cm³/mol. The Balaban J connectivity index is 1.58. The van der Waals surface area contributed by atoms with E-state index in [1.54, 1.807) is 0 Å². The third-order valence-electron chi connectivity index (χ3n) is 3.94. The molecule has 3 aromatic rings. The number of para-hydroxylation sites is 1. The Morgan fingerprint density at radius 1 is 1.37 bits per heavy atom. The average molecular weight is 400 g/mol. The molecule has 10 heteroatoms. The average Bonchev–Trinajstić information content (AvgIpc) is 3.22. The fourth-order valence-corrected chi connectivity index (χ4v) is 4.12. The minimum Gasteiger partial charge on any atom is -0.324 e. The first-order chi connectivity index (χ1) is 13.2. The van der Waals surface area contributed by atoms with Gasteiger partial charge in [-0.15, -0.1) is 10.2 Å². The number of fused-ring (bicyclic) bond motifs is 3. The van der Waals surface area contributed by atoms with Crippen LogP contribution < -0.4 is 5.32 Å². The fraction of sp³-hybridized carbons (Fsp3) is 0.294. The molecule has 1 N–H and O–H groups in total. The Hall–Kier alpha value is -2.46. The molecule has 2 amide bonds. The van der Waals surface area contributed by atoms with E-state index in [-0.39, 0.29) is 17.6 Å². The number of benzene rings is 1. The van der Waals surface area contributed by atoms with Crippen LogP contribution in [0.1, 0.15) is 13.3 Å². The topological polar surface area (TPSA) is 102 Å². The van der Waals surface area contributed by atoms with Gasteiger partial charge in [0.1, 0.15) is 5.52 Å². The number of carbonyl (C=O) groups excluding carboxylic acids is 2. The fourth-order valence-electron chi connectivity index (χ4n) is 2.86. The Morgan fingerprint density at radius 2 is 2.22 bits per heavy atom. The van der Waals surface area contributed by atoms with Crippen LogP contribution in [-0.2, 0) is 16.1 Å². The van der Waals surface area contributed by atoms with E-state index in [1.165, 1.54) is 23.5 Å². The summed E-state index contributed by atoms with van der Waals surface area (Å²) in [4.78, 5) is 31.7. The maximum Gasteiger partial charge on any atom is 0.258 e. The van der Waals surface area contributed by atoms with E-state index < -0.39 is 0 Å². The van der Waals surface area contributed by atoms with Gasteiger partial charge in [0, 0.05) is 11.9 Å². The van der Waals surface area contributed by atoms with Crippen LogP contribution in [0.2, 0.25) is 0 Å². The van der Waals surface area contributed by atoms with E-state index >= 15 is 0 Å². The first-order valence-electron chi connectivity index (χ1n) is 8.44. The molecule has 1 aliphatic heterocycles. The van der Waals surface area contributed by atoms with Gasteiger partial charge in [-0.1, -0.05) is 48.6 Å². The summed E-state index contributed by atoms with van der Waals surface area (Å²) in [6.45, 7) is 2.94. The van der Waals surface area contributed by atoms with Crippen molar-refractivity contribution in [2.45, 2.75) is 25.0 Å². The van der Waals surface area contributed by atoms with E-state index in [1.807, 2.05) is 24.3 Å². The van der Waals surface area contributed by atoms with Gasteiger partial charge in [0.25, 0.3) is 5.91 Å². The normalized spacial score (nSPS) is 15.7. The van der Waals surface area contributed by atoms with E-state index in [4.69, 9.17) is 0 Å². The van der Waals surface area contributed by atoms with Crippen molar-refractivity contribution in [2.24, 2.45) is 4.99 Å². The first-order valence-corrected chi connectivity index (χ1v) is 10.4. The van der Waals surface area contributed by atoms with Crippen LogP contribution in [0.5, 0.6) is 0 Å². The monoisotopic (exact) mass is 400 g/mol. The number of nitrogens with zero attached hydrogens (tertiary/aromatic N) is 5. The molecule has 0 radical (unpaired) electrons. The number of nitrogens with one attached hydrogen (secondary N) is 1. The number of thioether (sulfide) groups is 2. The molecule has 3 heterocycles. The highest BCUT2D eigenvalue weighted by Crippen LogP contribution is 2.27. The number of carbonyl (C=O) groups is 2. The largest absolute Gasteiger partial charge is 0.324 e. The van der Waals surface area contributed by atoms with Crippen molar-refractivity contribution >= 4 is 62.6 Å². The molecule has 4 rings (SSSR count). The number of amidine groups is 1. The van der Waals surface area contributed by atoms with Gasteiger partial charge in [0.15, 0.2) is 10.8 Å². The second-order valence-electron chi connectivity index (χ2n) is 5.87. The minimum absolute atomic E-state index is 0.0844. The molecular weight excluding hydrogens is 384 g/mol. The lowest BCUT2D eigenvalue weighted by molar-refractivity contribution is -0.116. The van der Waals surface area contributed by atoms with Gasteiger partial charge in [-0.05, 0) is 12.5 Å². The number of aliphatic imine (C=N–C) groups is 1. The maximum atomic E-state index is 12.0. The Bertz CT molecular complexity index is 1080. The summed E-state index contributed by atoms with van der Waals surface area (Å²) in [6, 6.07) is 8.03. The number of aryl methyl sites for hydroxylation is 1. The molecule has 0 spiro atoms. The van der Waals surface area contributed by atoms with E-state index in [2.05, 4.69) is 37.0 Å². The zero-order valence-electron chi connectivity index (χ0n) is 14.5. The zero-order valence-corrected chi connectivity index (χ0v) is 16.1. The third-order valence-corrected chi connectivity index (χ3v) is 5.63. The Morgan fingerprint density at radius 3 is 3.00 bits per heavy atom. The number of rotatable bonds is 5. The second kappa shape index (κ2) is 7.65. The molecule has 8 nitrogen and oxygen atoms in total. The lowest BCUT2D eigenvalue weighted by Crippen LogP contribution is -2.21. The minimum atomic E-state index is -0.345. The maximum absolute atomic E-state index is 12.0. The SMILES string of the molecule is CCCn1c2ccccc2c2nnc(SCC(=O)N=C3NC(=O)CS3)nc21. The van der Waals surface area contributed by atoms with Crippen LogP contribution in [-0.4, -0.2) is 48.2 Å². The number of hydrogen-bond acceptors (Lipinski definition) is 7. The van der Waals surface area contributed by atoms with Crippen molar-refractivity contribution in [3.05, 3.63) is 24.3 Å². The molecule has 2 aromatic heterocycles. The molecule has 0 aliphatic carbocycles. The second-order valence-corrected chi connectivity index (χ2v) is 7.78. The Kier molecular flexibility index (Phi) is 5.08. The molecule has 1 fully saturated rings. The smallest absolute Gasteiger partial charge is 0.258 e. The number of hydrogen-bond donors (Lipinski definition) is 1. The summed E-state index contributed by atoms with van der Waals surface area (Å²) in [6.07, 6.45) is 0.972. The summed E-state index contributed by atoms with van der Waals surface area (Å²) in [7, 11) is 0. The van der Waals surface area contributed by atoms with E-state index in [0.29, 0.717) is 16.1 Å². The standard InChI is InChI=1S/C17H16N6O2S2/c1-2-7-23-11-6-4-3-5-10(11)14-15(23)20-17(22-21-14)27-9-13(25)19-16-18-12(24)8-26-16/h3-6H,2,7-9H2,1H3,(H,18,19,24,25). The van der Waals surface area contributed by atoms with Crippen molar-refractivity contribution in [1.82, 2.24) is 25.1 Å². The van der Waals surface area contributed by atoms with E-state index in [0.717, 1.165) is 35.0 Å². The van der Waals surface area contributed by atoms with Gasteiger partial charge < -0.3 is 9.88 Å². The van der Waals surface area contributed by atoms with Crippen LogP contribution in [0.4, 0.5) is 0 Å². The van der Waals surface area contributed by atoms with Crippen molar-refractivity contribution in [1.29, 1.82) is 0 Å². The van der Waals surface area contributed by atoms with Crippen molar-refractivity contribution in [3.8, 4) is 0 Å². The lowest BCUT2D eigenvalue weighted by Gasteiger charge is -2.04. The van der Waals surface area contributed by atoms with Gasteiger partial charge >= 0.3 is 0 Å². The molecule has 1 aromatic carbocycles. The quantitative estimate of drug-likeness (QED) is 0.655.